The summed E-state index contributed by atoms with van der Waals surface area (Å²) in [4.78, 5) is 10.4. The van der Waals surface area contributed by atoms with Crippen LogP contribution in [-0.4, -0.2) is 38.2 Å². The monoisotopic (exact) mass is 207 g/mol. The van der Waals surface area contributed by atoms with E-state index in [-0.39, 0.29) is 5.69 Å². The summed E-state index contributed by atoms with van der Waals surface area (Å²) < 4.78 is 8.03. The van der Waals surface area contributed by atoms with Crippen LogP contribution < -0.4 is 4.74 Å². The largest absolute Gasteiger partial charge is 0.481 e. The zero-order valence-electron chi connectivity index (χ0n) is 8.28. The van der Waals surface area contributed by atoms with Crippen LogP contribution in [0.3, 0.4) is 0 Å². The van der Waals surface area contributed by atoms with Gasteiger partial charge in [0.25, 0.3) is 0 Å². The van der Waals surface area contributed by atoms with Gasteiger partial charge in [-0.15, -0.1) is 10.2 Å². The molecule has 2 aromatic rings. The molecule has 0 saturated heterocycles. The number of carbonyl (C=O) groups is 1. The minimum Gasteiger partial charge on any atom is -0.481 e. The quantitative estimate of drug-likeness (QED) is 0.653. The van der Waals surface area contributed by atoms with Crippen molar-refractivity contribution in [1.29, 1.82) is 0 Å². The molecule has 0 bridgehead atoms. The molecule has 0 amide bonds. The third kappa shape index (κ3) is 1.58. The summed E-state index contributed by atoms with van der Waals surface area (Å²) in [7, 11) is 3.30. The van der Waals surface area contributed by atoms with E-state index in [1.54, 1.807) is 24.9 Å². The second-order valence-electron chi connectivity index (χ2n) is 2.87. The number of hydrogen-bond acceptors (Lipinski definition) is 5. The Hall–Kier alpha value is -2.18. The molecule has 78 valence electrons. The molecule has 0 aliphatic carbocycles. The highest BCUT2D eigenvalue weighted by molar-refractivity contribution is 5.70. The molecule has 0 N–H and O–H groups in total. The smallest absolute Gasteiger partial charge is 0.213 e. The first-order chi connectivity index (χ1) is 7.24. The van der Waals surface area contributed by atoms with Crippen LogP contribution >= 0.6 is 0 Å². The molecule has 2 rings (SSSR count). The standard InChI is InChI=1S/C8H9N5O2/c1-12-8(15-2)3-7(10-12)13-4-6(5-14)9-11-13/h3-5H,1-2H3. The molecule has 0 aliphatic rings. The van der Waals surface area contributed by atoms with Crippen LogP contribution in [0.1, 0.15) is 10.5 Å². The number of nitrogens with zero attached hydrogens (tertiary/aromatic N) is 5. The summed E-state index contributed by atoms with van der Waals surface area (Å²) in [5.74, 6) is 1.16. The minimum absolute atomic E-state index is 0.264. The van der Waals surface area contributed by atoms with E-state index >= 15 is 0 Å². The third-order valence-corrected chi connectivity index (χ3v) is 1.90. The van der Waals surface area contributed by atoms with Crippen molar-refractivity contribution in [3.8, 4) is 11.7 Å². The number of aryl methyl sites for hydroxylation is 1. The van der Waals surface area contributed by atoms with Crippen molar-refractivity contribution in [1.82, 2.24) is 24.8 Å². The van der Waals surface area contributed by atoms with Crippen LogP contribution in [0.4, 0.5) is 0 Å². The molecule has 0 spiro atoms. The average Bonchev–Trinajstić information content (AvgIpc) is 2.83. The fourth-order valence-corrected chi connectivity index (χ4v) is 1.18. The van der Waals surface area contributed by atoms with Gasteiger partial charge in [0.2, 0.25) is 5.88 Å². The van der Waals surface area contributed by atoms with Gasteiger partial charge < -0.3 is 4.74 Å². The maximum absolute atomic E-state index is 10.4. The molecule has 0 aliphatic heterocycles. The van der Waals surface area contributed by atoms with Crippen molar-refractivity contribution >= 4 is 6.29 Å². The molecule has 15 heavy (non-hydrogen) atoms. The lowest BCUT2D eigenvalue weighted by Crippen LogP contribution is -1.98. The number of carbonyl (C=O) groups excluding carboxylic acids is 1. The second-order valence-corrected chi connectivity index (χ2v) is 2.87. The first-order valence-corrected chi connectivity index (χ1v) is 4.20. The molecular weight excluding hydrogens is 198 g/mol. The summed E-state index contributed by atoms with van der Waals surface area (Å²) in [6, 6.07) is 1.70. The van der Waals surface area contributed by atoms with Gasteiger partial charge in [0, 0.05) is 13.1 Å². The van der Waals surface area contributed by atoms with Gasteiger partial charge in [0.15, 0.2) is 12.1 Å². The van der Waals surface area contributed by atoms with E-state index < -0.39 is 0 Å². The van der Waals surface area contributed by atoms with Gasteiger partial charge in [-0.1, -0.05) is 5.21 Å². The van der Waals surface area contributed by atoms with Gasteiger partial charge in [-0.3, -0.25) is 4.79 Å². The van der Waals surface area contributed by atoms with E-state index in [1.807, 2.05) is 0 Å². The zero-order chi connectivity index (χ0) is 10.8. The lowest BCUT2D eigenvalue weighted by Gasteiger charge is -1.95. The normalized spacial score (nSPS) is 10.3. The minimum atomic E-state index is 0.264. The molecule has 0 atom stereocenters. The molecule has 2 heterocycles. The summed E-state index contributed by atoms with van der Waals surface area (Å²) in [5, 5.41) is 11.5. The number of hydrogen-bond donors (Lipinski definition) is 0. The molecule has 0 fully saturated rings. The van der Waals surface area contributed by atoms with E-state index in [1.165, 1.54) is 10.9 Å². The van der Waals surface area contributed by atoms with E-state index in [9.17, 15) is 4.79 Å². The Balaban J connectivity index is 2.40. The van der Waals surface area contributed by atoms with Crippen LogP contribution in [0, 0.1) is 0 Å². The predicted octanol–water partition coefficient (Wildman–Crippen LogP) is -0.178. The molecule has 0 radical (unpaired) electrons. The second kappa shape index (κ2) is 3.52. The van der Waals surface area contributed by atoms with Crippen molar-refractivity contribution in [3.63, 3.8) is 0 Å². The lowest BCUT2D eigenvalue weighted by atomic mass is 10.5. The molecule has 2 aromatic heterocycles. The highest BCUT2D eigenvalue weighted by Crippen LogP contribution is 2.13. The summed E-state index contributed by atoms with van der Waals surface area (Å²) in [6.07, 6.45) is 2.12. The maximum atomic E-state index is 10.4. The number of aromatic nitrogens is 5. The first-order valence-electron chi connectivity index (χ1n) is 4.20. The number of methoxy groups -OCH3 is 1. The Morgan fingerprint density at radius 1 is 1.53 bits per heavy atom. The van der Waals surface area contributed by atoms with Crippen molar-refractivity contribution < 1.29 is 9.53 Å². The highest BCUT2D eigenvalue weighted by Gasteiger charge is 2.08. The Morgan fingerprint density at radius 3 is 2.87 bits per heavy atom. The molecule has 0 aromatic carbocycles. The van der Waals surface area contributed by atoms with Gasteiger partial charge in [0.05, 0.1) is 13.3 Å². The van der Waals surface area contributed by atoms with E-state index in [4.69, 9.17) is 4.74 Å². The van der Waals surface area contributed by atoms with Crippen molar-refractivity contribution in [3.05, 3.63) is 18.0 Å². The van der Waals surface area contributed by atoms with Crippen LogP contribution in [0.2, 0.25) is 0 Å². The number of aldehydes is 1. The molecular formula is C8H9N5O2. The summed E-state index contributed by atoms with van der Waals surface area (Å²) in [5.41, 5.74) is 0.264. The Labute approximate surface area is 85.3 Å². The van der Waals surface area contributed by atoms with Gasteiger partial charge in [-0.05, 0) is 0 Å². The van der Waals surface area contributed by atoms with Crippen molar-refractivity contribution in [2.75, 3.05) is 7.11 Å². The molecule has 7 nitrogen and oxygen atoms in total. The van der Waals surface area contributed by atoms with E-state index in [0.717, 1.165) is 0 Å². The maximum Gasteiger partial charge on any atom is 0.213 e. The van der Waals surface area contributed by atoms with E-state index in [0.29, 0.717) is 18.0 Å². The Kier molecular flexibility index (Phi) is 2.20. The summed E-state index contributed by atoms with van der Waals surface area (Å²) in [6.45, 7) is 0. The fourth-order valence-electron chi connectivity index (χ4n) is 1.18. The Morgan fingerprint density at radius 2 is 2.33 bits per heavy atom. The average molecular weight is 207 g/mol. The topological polar surface area (TPSA) is 74.8 Å². The lowest BCUT2D eigenvalue weighted by molar-refractivity contribution is 0.111. The van der Waals surface area contributed by atoms with Gasteiger partial charge in [-0.2, -0.15) is 4.68 Å². The fraction of sp³-hybridized carbons (Fsp3) is 0.250. The van der Waals surface area contributed by atoms with Gasteiger partial charge in [-0.25, -0.2) is 4.68 Å². The molecule has 7 heteroatoms. The van der Waals surface area contributed by atoms with Gasteiger partial charge >= 0.3 is 0 Å². The first kappa shape index (κ1) is 9.38. The van der Waals surface area contributed by atoms with Crippen LogP contribution in [-0.2, 0) is 7.05 Å². The van der Waals surface area contributed by atoms with Crippen molar-refractivity contribution in [2.24, 2.45) is 7.05 Å². The number of rotatable bonds is 3. The highest BCUT2D eigenvalue weighted by atomic mass is 16.5. The number of ether oxygens (including phenoxy) is 1. The predicted molar refractivity (Wildman–Crippen MR) is 50.1 cm³/mol. The molecule has 0 unspecified atom stereocenters. The van der Waals surface area contributed by atoms with Crippen molar-refractivity contribution in [2.45, 2.75) is 0 Å². The van der Waals surface area contributed by atoms with Crippen LogP contribution in [0.25, 0.3) is 5.82 Å². The van der Waals surface area contributed by atoms with Crippen LogP contribution in [0.15, 0.2) is 12.3 Å². The van der Waals surface area contributed by atoms with Crippen LogP contribution in [0.5, 0.6) is 5.88 Å². The SMILES string of the molecule is COc1cc(-n2cc(C=O)nn2)nn1C. The Bertz CT molecular complexity index is 487. The zero-order valence-corrected chi connectivity index (χ0v) is 8.28. The van der Waals surface area contributed by atoms with E-state index in [2.05, 4.69) is 15.4 Å². The van der Waals surface area contributed by atoms with Gasteiger partial charge in [0.1, 0.15) is 5.69 Å². The molecule has 0 saturated carbocycles. The third-order valence-electron chi connectivity index (χ3n) is 1.90. The summed E-state index contributed by atoms with van der Waals surface area (Å²) >= 11 is 0.